The topological polar surface area (TPSA) is 9.23 Å². The molecule has 1 nitrogen and oxygen atoms in total. The van der Waals surface area contributed by atoms with E-state index in [1.165, 1.54) is 11.6 Å². The molecule has 0 bridgehead atoms. The number of halogens is 2. The van der Waals surface area contributed by atoms with Crippen molar-refractivity contribution in [2.24, 2.45) is 0 Å². The minimum atomic E-state index is -0.411. The summed E-state index contributed by atoms with van der Waals surface area (Å²) in [6, 6.07) is 12.7. The zero-order valence-corrected chi connectivity index (χ0v) is 10.9. The first-order valence-corrected chi connectivity index (χ1v) is 6.23. The van der Waals surface area contributed by atoms with Crippen LogP contribution in [0.1, 0.15) is 18.1 Å². The Hall–Kier alpha value is -1.54. The molecule has 3 heteroatoms. The van der Waals surface area contributed by atoms with E-state index in [-0.39, 0.29) is 11.6 Å². The van der Waals surface area contributed by atoms with Crippen molar-refractivity contribution in [1.29, 1.82) is 0 Å². The number of hydrogen-bond donors (Lipinski definition) is 0. The Balaban J connectivity index is 2.09. The summed E-state index contributed by atoms with van der Waals surface area (Å²) in [5, 5.41) is 0.124. The molecular weight excluding hydrogens is 251 g/mol. The molecule has 2 aromatic rings. The Morgan fingerprint density at radius 1 is 1.17 bits per heavy atom. The first-order valence-electron chi connectivity index (χ1n) is 5.85. The zero-order valence-electron chi connectivity index (χ0n) is 10.1. The van der Waals surface area contributed by atoms with E-state index < -0.39 is 5.82 Å². The summed E-state index contributed by atoms with van der Waals surface area (Å²) in [6.45, 7) is 2.26. The van der Waals surface area contributed by atoms with Crippen molar-refractivity contribution in [1.82, 2.24) is 0 Å². The Bertz CT molecular complexity index is 540. The maximum absolute atomic E-state index is 13.6. The van der Waals surface area contributed by atoms with Gasteiger partial charge in [-0.3, -0.25) is 0 Å². The van der Waals surface area contributed by atoms with Crippen molar-refractivity contribution < 1.29 is 9.13 Å². The fraction of sp³-hybridized carbons (Fsp3) is 0.200. The molecule has 0 saturated carbocycles. The molecular formula is C15H14ClFO. The zero-order chi connectivity index (χ0) is 13.0. The molecule has 2 aromatic carbocycles. The molecule has 2 rings (SSSR count). The van der Waals surface area contributed by atoms with Crippen molar-refractivity contribution in [3.63, 3.8) is 0 Å². The van der Waals surface area contributed by atoms with E-state index in [2.05, 4.69) is 6.92 Å². The van der Waals surface area contributed by atoms with Crippen LogP contribution in [0.2, 0.25) is 5.02 Å². The van der Waals surface area contributed by atoms with Crippen molar-refractivity contribution >= 4 is 11.6 Å². The second-order valence-electron chi connectivity index (χ2n) is 4.00. The lowest BCUT2D eigenvalue weighted by molar-refractivity contribution is 0.299. The van der Waals surface area contributed by atoms with Crippen LogP contribution in [-0.2, 0) is 13.0 Å². The Labute approximate surface area is 111 Å². The molecule has 0 aliphatic carbocycles. The summed E-state index contributed by atoms with van der Waals surface area (Å²) in [5.74, 6) is 0.333. The average molecular weight is 265 g/mol. The monoisotopic (exact) mass is 264 g/mol. The molecule has 0 saturated heterocycles. The number of ether oxygens (including phenoxy) is 1. The number of aryl methyl sites for hydroxylation is 1. The molecule has 0 amide bonds. The molecule has 0 aliphatic heterocycles. The minimum Gasteiger partial charge on any atom is -0.489 e. The maximum Gasteiger partial charge on any atom is 0.148 e. The van der Waals surface area contributed by atoms with Gasteiger partial charge in [0.1, 0.15) is 18.2 Å². The van der Waals surface area contributed by atoms with Crippen LogP contribution in [-0.4, -0.2) is 0 Å². The highest BCUT2D eigenvalue weighted by Gasteiger charge is 2.06. The molecule has 0 unspecified atom stereocenters. The van der Waals surface area contributed by atoms with Crippen LogP contribution in [0.25, 0.3) is 0 Å². The van der Waals surface area contributed by atoms with Crippen molar-refractivity contribution in [2.75, 3.05) is 0 Å². The molecule has 0 heterocycles. The van der Waals surface area contributed by atoms with Gasteiger partial charge in [-0.25, -0.2) is 4.39 Å². The van der Waals surface area contributed by atoms with E-state index in [1.54, 1.807) is 12.1 Å². The van der Waals surface area contributed by atoms with Crippen molar-refractivity contribution in [3.05, 3.63) is 64.4 Å². The predicted molar refractivity (Wildman–Crippen MR) is 71.6 cm³/mol. The highest BCUT2D eigenvalue weighted by atomic mass is 35.5. The van der Waals surface area contributed by atoms with E-state index in [1.807, 2.05) is 24.3 Å². The highest BCUT2D eigenvalue weighted by molar-refractivity contribution is 6.30. The summed E-state index contributed by atoms with van der Waals surface area (Å²) < 4.78 is 19.2. The van der Waals surface area contributed by atoms with Gasteiger partial charge in [-0.2, -0.15) is 0 Å². The lowest BCUT2D eigenvalue weighted by Crippen LogP contribution is -1.99. The van der Waals surface area contributed by atoms with Gasteiger partial charge in [0, 0.05) is 5.56 Å². The van der Waals surface area contributed by atoms with E-state index in [9.17, 15) is 4.39 Å². The lowest BCUT2D eigenvalue weighted by atomic mass is 10.1. The molecule has 0 N–H and O–H groups in total. The van der Waals surface area contributed by atoms with Gasteiger partial charge >= 0.3 is 0 Å². The molecule has 0 radical (unpaired) electrons. The standard InChI is InChI=1S/C15H14ClFO/c1-2-11-5-3-7-13(9-11)18-10-12-6-4-8-14(16)15(12)17/h3-9H,2,10H2,1H3. The summed E-state index contributed by atoms with van der Waals surface area (Å²) in [5.41, 5.74) is 1.66. The van der Waals surface area contributed by atoms with E-state index in [4.69, 9.17) is 16.3 Å². The average Bonchev–Trinajstić information content (AvgIpc) is 2.41. The van der Waals surface area contributed by atoms with Crippen LogP contribution in [0.5, 0.6) is 5.75 Å². The number of rotatable bonds is 4. The van der Waals surface area contributed by atoms with E-state index in [0.29, 0.717) is 5.56 Å². The molecule has 0 atom stereocenters. The van der Waals surface area contributed by atoms with Gasteiger partial charge in [-0.05, 0) is 30.2 Å². The SMILES string of the molecule is CCc1cccc(OCc2cccc(Cl)c2F)c1. The van der Waals surface area contributed by atoms with Gasteiger partial charge in [0.2, 0.25) is 0 Å². The molecule has 0 fully saturated rings. The molecule has 18 heavy (non-hydrogen) atoms. The molecule has 0 aromatic heterocycles. The van der Waals surface area contributed by atoms with Gasteiger partial charge in [0.15, 0.2) is 0 Å². The third-order valence-electron chi connectivity index (χ3n) is 2.73. The summed E-state index contributed by atoms with van der Waals surface area (Å²) in [7, 11) is 0. The largest absolute Gasteiger partial charge is 0.489 e. The van der Waals surface area contributed by atoms with Gasteiger partial charge < -0.3 is 4.74 Å². The van der Waals surface area contributed by atoms with Crippen molar-refractivity contribution in [2.45, 2.75) is 20.0 Å². The normalized spacial score (nSPS) is 10.4. The van der Waals surface area contributed by atoms with Crippen LogP contribution >= 0.6 is 11.6 Å². The fourth-order valence-corrected chi connectivity index (χ4v) is 1.87. The summed E-state index contributed by atoms with van der Waals surface area (Å²) in [6.07, 6.45) is 0.947. The van der Waals surface area contributed by atoms with E-state index >= 15 is 0 Å². The Morgan fingerprint density at radius 2 is 1.94 bits per heavy atom. The molecule has 0 spiro atoms. The van der Waals surface area contributed by atoms with Crippen LogP contribution in [0.15, 0.2) is 42.5 Å². The van der Waals surface area contributed by atoms with Gasteiger partial charge in [-0.1, -0.05) is 42.8 Å². The van der Waals surface area contributed by atoms with Crippen LogP contribution in [0.3, 0.4) is 0 Å². The van der Waals surface area contributed by atoms with Crippen LogP contribution in [0.4, 0.5) is 4.39 Å². The van der Waals surface area contributed by atoms with Crippen LogP contribution < -0.4 is 4.74 Å². The second kappa shape index (κ2) is 5.87. The van der Waals surface area contributed by atoms with E-state index in [0.717, 1.165) is 12.2 Å². The highest BCUT2D eigenvalue weighted by Crippen LogP contribution is 2.20. The van der Waals surface area contributed by atoms with Crippen molar-refractivity contribution in [3.8, 4) is 5.75 Å². The smallest absolute Gasteiger partial charge is 0.148 e. The van der Waals surface area contributed by atoms with Gasteiger partial charge in [-0.15, -0.1) is 0 Å². The molecule has 94 valence electrons. The summed E-state index contributed by atoms with van der Waals surface area (Å²) >= 11 is 5.71. The molecule has 0 aliphatic rings. The second-order valence-corrected chi connectivity index (χ2v) is 4.41. The predicted octanol–water partition coefficient (Wildman–Crippen LogP) is 4.62. The quantitative estimate of drug-likeness (QED) is 0.783. The maximum atomic E-state index is 13.6. The number of hydrogen-bond acceptors (Lipinski definition) is 1. The first kappa shape index (κ1) is 12.9. The lowest BCUT2D eigenvalue weighted by Gasteiger charge is -2.08. The first-order chi connectivity index (χ1) is 8.70. The van der Waals surface area contributed by atoms with Crippen LogP contribution in [0, 0.1) is 5.82 Å². The summed E-state index contributed by atoms with van der Waals surface area (Å²) in [4.78, 5) is 0. The Morgan fingerprint density at radius 3 is 2.72 bits per heavy atom. The number of benzene rings is 2. The third-order valence-corrected chi connectivity index (χ3v) is 3.02. The third kappa shape index (κ3) is 3.02. The Kier molecular flexibility index (Phi) is 4.21. The fourth-order valence-electron chi connectivity index (χ4n) is 1.68. The van der Waals surface area contributed by atoms with Gasteiger partial charge in [0.05, 0.1) is 5.02 Å². The van der Waals surface area contributed by atoms with Gasteiger partial charge in [0.25, 0.3) is 0 Å². The minimum absolute atomic E-state index is 0.124.